The van der Waals surface area contributed by atoms with E-state index in [9.17, 15) is 4.79 Å². The molecule has 0 unspecified atom stereocenters. The quantitative estimate of drug-likeness (QED) is 0.830. The molecule has 0 saturated carbocycles. The number of aryl methyl sites for hydroxylation is 1. The minimum absolute atomic E-state index is 0.163. The molecule has 0 aliphatic rings. The molecule has 0 heterocycles. The zero-order chi connectivity index (χ0) is 15.2. The largest absolute Gasteiger partial charge is 0.494 e. The average Bonchev–Trinajstić information content (AvgIpc) is 2.46. The van der Waals surface area contributed by atoms with Gasteiger partial charge in [0.05, 0.1) is 6.61 Å². The molecule has 0 aliphatic heterocycles. The summed E-state index contributed by atoms with van der Waals surface area (Å²) in [6, 6.07) is 13.1. The minimum Gasteiger partial charge on any atom is -0.494 e. The molecule has 0 spiro atoms. The van der Waals surface area contributed by atoms with E-state index in [-0.39, 0.29) is 5.91 Å². The lowest BCUT2D eigenvalue weighted by Crippen LogP contribution is -2.23. The van der Waals surface area contributed by atoms with E-state index in [0.29, 0.717) is 30.2 Å². The molecule has 2 rings (SSSR count). The van der Waals surface area contributed by atoms with E-state index in [4.69, 9.17) is 10.5 Å². The number of carbonyl (C=O) groups excluding carboxylic acids is 1. The number of benzene rings is 2. The number of ether oxygens (including phenoxy) is 1. The highest BCUT2D eigenvalue weighted by molar-refractivity contribution is 5.95. The van der Waals surface area contributed by atoms with E-state index in [1.807, 2.05) is 38.1 Å². The number of carbonyl (C=O) groups is 1. The van der Waals surface area contributed by atoms with Gasteiger partial charge in [-0.05, 0) is 31.5 Å². The third-order valence-corrected chi connectivity index (χ3v) is 3.08. The number of nitrogens with two attached hydrogens (primary N) is 1. The summed E-state index contributed by atoms with van der Waals surface area (Å²) in [6.07, 6.45) is 0. The van der Waals surface area contributed by atoms with Gasteiger partial charge in [0.25, 0.3) is 5.91 Å². The lowest BCUT2D eigenvalue weighted by Gasteiger charge is -2.09. The lowest BCUT2D eigenvalue weighted by atomic mass is 10.1. The van der Waals surface area contributed by atoms with Gasteiger partial charge in [-0.2, -0.15) is 0 Å². The maximum atomic E-state index is 12.2. The molecule has 0 atom stereocenters. The van der Waals surface area contributed by atoms with E-state index >= 15 is 0 Å². The van der Waals surface area contributed by atoms with Crippen LogP contribution < -0.4 is 15.8 Å². The summed E-state index contributed by atoms with van der Waals surface area (Å²) in [5.74, 6) is 0.446. The number of hydrogen-bond donors (Lipinski definition) is 2. The number of amides is 1. The molecule has 2 aromatic carbocycles. The molecular formula is C17H20N2O2. The molecule has 3 N–H and O–H groups in total. The molecule has 0 radical (unpaired) electrons. The predicted molar refractivity (Wildman–Crippen MR) is 84.4 cm³/mol. The van der Waals surface area contributed by atoms with Gasteiger partial charge in [0.1, 0.15) is 5.75 Å². The molecular weight excluding hydrogens is 264 g/mol. The van der Waals surface area contributed by atoms with Gasteiger partial charge < -0.3 is 15.8 Å². The van der Waals surface area contributed by atoms with Crippen molar-refractivity contribution in [3.8, 4) is 5.75 Å². The average molecular weight is 284 g/mol. The first-order valence-electron chi connectivity index (χ1n) is 6.95. The first kappa shape index (κ1) is 14.9. The minimum atomic E-state index is -0.163. The molecule has 0 aromatic heterocycles. The third kappa shape index (κ3) is 4.24. The fraction of sp³-hybridized carbons (Fsp3) is 0.235. The van der Waals surface area contributed by atoms with E-state index in [2.05, 4.69) is 5.32 Å². The number of nitrogen functional groups attached to an aromatic ring is 1. The number of nitrogens with one attached hydrogen (secondary N) is 1. The van der Waals surface area contributed by atoms with Crippen molar-refractivity contribution in [3.63, 3.8) is 0 Å². The fourth-order valence-corrected chi connectivity index (χ4v) is 1.99. The molecule has 2 aromatic rings. The summed E-state index contributed by atoms with van der Waals surface area (Å²) in [7, 11) is 0. The third-order valence-electron chi connectivity index (χ3n) is 3.08. The first-order valence-corrected chi connectivity index (χ1v) is 6.95. The molecule has 0 aliphatic carbocycles. The number of anilines is 1. The van der Waals surface area contributed by atoms with Crippen molar-refractivity contribution >= 4 is 11.6 Å². The van der Waals surface area contributed by atoms with E-state index in [1.54, 1.807) is 18.2 Å². The highest BCUT2D eigenvalue weighted by Crippen LogP contribution is 2.19. The zero-order valence-electron chi connectivity index (χ0n) is 12.3. The van der Waals surface area contributed by atoms with Crippen molar-refractivity contribution in [1.29, 1.82) is 0 Å². The smallest absolute Gasteiger partial charge is 0.251 e. The monoisotopic (exact) mass is 284 g/mol. The van der Waals surface area contributed by atoms with Crippen LogP contribution in [0.2, 0.25) is 0 Å². The Bertz CT molecular complexity index is 621. The second-order valence-electron chi connectivity index (χ2n) is 4.89. The topological polar surface area (TPSA) is 64.3 Å². The number of hydrogen-bond acceptors (Lipinski definition) is 3. The summed E-state index contributed by atoms with van der Waals surface area (Å²) in [6.45, 7) is 4.94. The molecule has 21 heavy (non-hydrogen) atoms. The van der Waals surface area contributed by atoms with Crippen molar-refractivity contribution in [2.75, 3.05) is 12.3 Å². The van der Waals surface area contributed by atoms with Gasteiger partial charge in [-0.25, -0.2) is 0 Å². The van der Waals surface area contributed by atoms with Crippen molar-refractivity contribution in [3.05, 3.63) is 59.2 Å². The first-order chi connectivity index (χ1) is 10.1. The Hall–Kier alpha value is -2.49. The van der Waals surface area contributed by atoms with Gasteiger partial charge in [-0.1, -0.05) is 29.8 Å². The van der Waals surface area contributed by atoms with Crippen molar-refractivity contribution in [1.82, 2.24) is 5.32 Å². The van der Waals surface area contributed by atoms with Crippen LogP contribution >= 0.6 is 0 Å². The van der Waals surface area contributed by atoms with E-state index < -0.39 is 0 Å². The molecule has 4 nitrogen and oxygen atoms in total. The maximum absolute atomic E-state index is 12.2. The van der Waals surface area contributed by atoms with Crippen LogP contribution in [0.25, 0.3) is 0 Å². The molecule has 0 saturated heterocycles. The lowest BCUT2D eigenvalue weighted by molar-refractivity contribution is 0.0950. The normalized spacial score (nSPS) is 10.2. The summed E-state index contributed by atoms with van der Waals surface area (Å²) in [5, 5.41) is 2.88. The standard InChI is InChI=1S/C17H20N2O2/c1-3-21-16-9-14(8-15(18)10-16)17(20)19-11-13-6-4-12(2)5-7-13/h4-10H,3,11,18H2,1-2H3,(H,19,20). The van der Waals surface area contributed by atoms with Crippen molar-refractivity contribution in [2.45, 2.75) is 20.4 Å². The van der Waals surface area contributed by atoms with Gasteiger partial charge in [-0.3, -0.25) is 4.79 Å². The van der Waals surface area contributed by atoms with Crippen LogP contribution in [0, 0.1) is 6.92 Å². The molecule has 0 bridgehead atoms. The summed E-state index contributed by atoms with van der Waals surface area (Å²) in [4.78, 5) is 12.2. The zero-order valence-corrected chi connectivity index (χ0v) is 12.3. The van der Waals surface area contributed by atoms with Crippen LogP contribution in [0.3, 0.4) is 0 Å². The van der Waals surface area contributed by atoms with Crippen LogP contribution in [0.5, 0.6) is 5.75 Å². The van der Waals surface area contributed by atoms with Gasteiger partial charge in [0.2, 0.25) is 0 Å². The van der Waals surface area contributed by atoms with Gasteiger partial charge in [0, 0.05) is 23.9 Å². The van der Waals surface area contributed by atoms with Gasteiger partial charge in [0.15, 0.2) is 0 Å². The van der Waals surface area contributed by atoms with Crippen LogP contribution in [-0.2, 0) is 6.54 Å². The van der Waals surface area contributed by atoms with E-state index in [1.165, 1.54) is 5.56 Å². The second kappa shape index (κ2) is 6.79. The van der Waals surface area contributed by atoms with Crippen LogP contribution in [0.1, 0.15) is 28.4 Å². The van der Waals surface area contributed by atoms with Crippen molar-refractivity contribution in [2.24, 2.45) is 0 Å². The van der Waals surface area contributed by atoms with E-state index in [0.717, 1.165) is 5.56 Å². The Morgan fingerprint density at radius 2 is 1.90 bits per heavy atom. The Balaban J connectivity index is 2.04. The summed E-state index contributed by atoms with van der Waals surface area (Å²) >= 11 is 0. The predicted octanol–water partition coefficient (Wildman–Crippen LogP) is 2.91. The molecule has 110 valence electrons. The van der Waals surface area contributed by atoms with Gasteiger partial charge in [-0.15, -0.1) is 0 Å². The Kier molecular flexibility index (Phi) is 4.82. The van der Waals surface area contributed by atoms with Gasteiger partial charge >= 0.3 is 0 Å². The van der Waals surface area contributed by atoms with Crippen molar-refractivity contribution < 1.29 is 9.53 Å². The maximum Gasteiger partial charge on any atom is 0.251 e. The SMILES string of the molecule is CCOc1cc(N)cc(C(=O)NCc2ccc(C)cc2)c1. The summed E-state index contributed by atoms with van der Waals surface area (Å²) < 4.78 is 5.39. The molecule has 0 fully saturated rings. The highest BCUT2D eigenvalue weighted by Gasteiger charge is 2.08. The molecule has 1 amide bonds. The van der Waals surface area contributed by atoms with Crippen LogP contribution in [-0.4, -0.2) is 12.5 Å². The second-order valence-corrected chi connectivity index (χ2v) is 4.89. The Morgan fingerprint density at radius 3 is 2.57 bits per heavy atom. The molecule has 4 heteroatoms. The Morgan fingerprint density at radius 1 is 1.19 bits per heavy atom. The van der Waals surface area contributed by atoms with Crippen LogP contribution in [0.4, 0.5) is 5.69 Å². The number of rotatable bonds is 5. The van der Waals surface area contributed by atoms with Crippen LogP contribution in [0.15, 0.2) is 42.5 Å². The summed E-state index contributed by atoms with van der Waals surface area (Å²) in [5.41, 5.74) is 9.07. The Labute approximate surface area is 124 Å². The fourth-order valence-electron chi connectivity index (χ4n) is 1.99. The highest BCUT2D eigenvalue weighted by atomic mass is 16.5.